The van der Waals surface area contributed by atoms with Crippen LogP contribution in [0.1, 0.15) is 24.3 Å². The SMILES string of the molecule is CC(C)Cn1nc(C(=O)Nc2ccc(NC(N)=O)cc2)c2ccccc2c1=O. The minimum Gasteiger partial charge on any atom is -0.351 e. The summed E-state index contributed by atoms with van der Waals surface area (Å²) in [5.41, 5.74) is 6.07. The molecule has 0 aliphatic carbocycles. The number of hydrogen-bond donors (Lipinski definition) is 3. The van der Waals surface area contributed by atoms with Gasteiger partial charge in [-0.15, -0.1) is 0 Å². The van der Waals surface area contributed by atoms with Crippen molar-refractivity contribution in [1.82, 2.24) is 9.78 Å². The number of carbonyl (C=O) groups excluding carboxylic acids is 2. The van der Waals surface area contributed by atoms with Gasteiger partial charge in [0, 0.05) is 23.3 Å². The Morgan fingerprint density at radius 3 is 2.14 bits per heavy atom. The van der Waals surface area contributed by atoms with Crippen molar-refractivity contribution in [3.8, 4) is 0 Å². The third-order valence-corrected chi connectivity index (χ3v) is 4.03. The summed E-state index contributed by atoms with van der Waals surface area (Å²) in [6.45, 7) is 4.37. The van der Waals surface area contributed by atoms with E-state index in [2.05, 4.69) is 15.7 Å². The van der Waals surface area contributed by atoms with Crippen LogP contribution in [0.2, 0.25) is 0 Å². The van der Waals surface area contributed by atoms with E-state index in [1.165, 1.54) is 4.68 Å². The molecule has 8 heteroatoms. The van der Waals surface area contributed by atoms with Gasteiger partial charge in [0.2, 0.25) is 0 Å². The number of nitrogens with two attached hydrogens (primary N) is 1. The molecular formula is C20H21N5O3. The molecule has 0 unspecified atom stereocenters. The summed E-state index contributed by atoms with van der Waals surface area (Å²) in [7, 11) is 0. The van der Waals surface area contributed by atoms with Crippen molar-refractivity contribution in [2.75, 3.05) is 10.6 Å². The first-order chi connectivity index (χ1) is 13.3. The number of nitrogens with one attached hydrogen (secondary N) is 2. The first-order valence-electron chi connectivity index (χ1n) is 8.83. The fourth-order valence-corrected chi connectivity index (χ4v) is 2.84. The molecule has 4 N–H and O–H groups in total. The van der Waals surface area contributed by atoms with Crippen LogP contribution in [0.15, 0.2) is 53.3 Å². The number of urea groups is 1. The van der Waals surface area contributed by atoms with Crippen molar-refractivity contribution in [3.05, 3.63) is 64.6 Å². The highest BCUT2D eigenvalue weighted by Gasteiger charge is 2.17. The van der Waals surface area contributed by atoms with E-state index in [9.17, 15) is 14.4 Å². The van der Waals surface area contributed by atoms with Crippen molar-refractivity contribution in [3.63, 3.8) is 0 Å². The molecule has 8 nitrogen and oxygen atoms in total. The smallest absolute Gasteiger partial charge is 0.316 e. The number of fused-ring (bicyclic) bond motifs is 1. The van der Waals surface area contributed by atoms with Crippen LogP contribution in [-0.4, -0.2) is 21.7 Å². The van der Waals surface area contributed by atoms with Gasteiger partial charge in [-0.3, -0.25) is 9.59 Å². The van der Waals surface area contributed by atoms with Gasteiger partial charge in [0.25, 0.3) is 11.5 Å². The molecular weight excluding hydrogens is 358 g/mol. The van der Waals surface area contributed by atoms with E-state index in [1.54, 1.807) is 48.5 Å². The monoisotopic (exact) mass is 379 g/mol. The zero-order chi connectivity index (χ0) is 20.3. The Morgan fingerprint density at radius 1 is 1.00 bits per heavy atom. The summed E-state index contributed by atoms with van der Waals surface area (Å²) < 4.78 is 1.34. The average molecular weight is 379 g/mol. The zero-order valence-electron chi connectivity index (χ0n) is 15.6. The molecule has 0 radical (unpaired) electrons. The standard InChI is InChI=1S/C20H21N5O3/c1-12(2)11-25-19(27)16-6-4-3-5-15(16)17(24-25)18(26)22-13-7-9-14(10-8-13)23-20(21)28/h3-10,12H,11H2,1-2H3,(H,22,26)(H3,21,23,28). The Bertz CT molecular complexity index is 1090. The summed E-state index contributed by atoms with van der Waals surface area (Å²) in [6.07, 6.45) is 0. The molecule has 0 aliphatic heterocycles. The molecule has 3 aromatic rings. The molecule has 1 aromatic heterocycles. The summed E-state index contributed by atoms with van der Waals surface area (Å²) in [5, 5.41) is 10.5. The van der Waals surface area contributed by atoms with Crippen LogP contribution in [0, 0.1) is 5.92 Å². The third kappa shape index (κ3) is 4.17. The van der Waals surface area contributed by atoms with E-state index < -0.39 is 11.9 Å². The summed E-state index contributed by atoms with van der Waals surface area (Å²) in [4.78, 5) is 36.4. The van der Waals surface area contributed by atoms with Gasteiger partial charge in [0.15, 0.2) is 5.69 Å². The van der Waals surface area contributed by atoms with Gasteiger partial charge < -0.3 is 16.4 Å². The van der Waals surface area contributed by atoms with Gasteiger partial charge in [-0.1, -0.05) is 32.0 Å². The summed E-state index contributed by atoms with van der Waals surface area (Å²) in [6, 6.07) is 12.8. The van der Waals surface area contributed by atoms with Crippen molar-refractivity contribution in [2.45, 2.75) is 20.4 Å². The Hall–Kier alpha value is -3.68. The van der Waals surface area contributed by atoms with Crippen molar-refractivity contribution in [1.29, 1.82) is 0 Å². The number of nitrogens with zero attached hydrogens (tertiary/aromatic N) is 2. The largest absolute Gasteiger partial charge is 0.351 e. The van der Waals surface area contributed by atoms with E-state index in [0.29, 0.717) is 28.7 Å². The van der Waals surface area contributed by atoms with E-state index in [1.807, 2.05) is 13.8 Å². The van der Waals surface area contributed by atoms with Crippen LogP contribution in [0.25, 0.3) is 10.8 Å². The molecule has 0 atom stereocenters. The number of rotatable bonds is 5. The zero-order valence-corrected chi connectivity index (χ0v) is 15.6. The predicted molar refractivity (Wildman–Crippen MR) is 108 cm³/mol. The van der Waals surface area contributed by atoms with E-state index in [4.69, 9.17) is 5.73 Å². The van der Waals surface area contributed by atoms with Gasteiger partial charge in [0.1, 0.15) is 0 Å². The van der Waals surface area contributed by atoms with Crippen LogP contribution < -0.4 is 21.9 Å². The second-order valence-corrected chi connectivity index (χ2v) is 6.80. The Morgan fingerprint density at radius 2 is 1.57 bits per heavy atom. The highest BCUT2D eigenvalue weighted by Crippen LogP contribution is 2.17. The number of hydrogen-bond acceptors (Lipinski definition) is 4. The highest BCUT2D eigenvalue weighted by molar-refractivity contribution is 6.11. The van der Waals surface area contributed by atoms with Crippen LogP contribution in [0.3, 0.4) is 0 Å². The van der Waals surface area contributed by atoms with Crippen molar-refractivity contribution < 1.29 is 9.59 Å². The van der Waals surface area contributed by atoms with E-state index >= 15 is 0 Å². The van der Waals surface area contributed by atoms with Crippen molar-refractivity contribution >= 4 is 34.1 Å². The Labute approximate surface area is 161 Å². The summed E-state index contributed by atoms with van der Waals surface area (Å²) in [5.74, 6) is -0.225. The van der Waals surface area contributed by atoms with Crippen LogP contribution in [0.4, 0.5) is 16.2 Å². The molecule has 2 aromatic carbocycles. The second-order valence-electron chi connectivity index (χ2n) is 6.80. The molecule has 0 fully saturated rings. The average Bonchev–Trinajstić information content (AvgIpc) is 2.65. The predicted octanol–water partition coefficient (Wildman–Crippen LogP) is 2.80. The Balaban J connectivity index is 1.95. The number of aromatic nitrogens is 2. The van der Waals surface area contributed by atoms with Gasteiger partial charge in [-0.25, -0.2) is 9.48 Å². The quantitative estimate of drug-likeness (QED) is 0.631. The third-order valence-electron chi connectivity index (χ3n) is 4.03. The molecule has 144 valence electrons. The lowest BCUT2D eigenvalue weighted by Crippen LogP contribution is -2.29. The molecule has 3 amide bonds. The molecule has 0 saturated heterocycles. The molecule has 0 bridgehead atoms. The van der Waals surface area contributed by atoms with Crippen molar-refractivity contribution in [2.24, 2.45) is 11.7 Å². The number of carbonyl (C=O) groups is 2. The fourth-order valence-electron chi connectivity index (χ4n) is 2.84. The van der Waals surface area contributed by atoms with E-state index in [-0.39, 0.29) is 17.2 Å². The Kier molecular flexibility index (Phi) is 5.39. The molecule has 0 spiro atoms. The number of primary amides is 1. The normalized spacial score (nSPS) is 10.8. The van der Waals surface area contributed by atoms with E-state index in [0.717, 1.165) is 0 Å². The molecule has 3 rings (SSSR count). The summed E-state index contributed by atoms with van der Waals surface area (Å²) >= 11 is 0. The van der Waals surface area contributed by atoms with Crippen LogP contribution >= 0.6 is 0 Å². The van der Waals surface area contributed by atoms with Crippen LogP contribution in [-0.2, 0) is 6.54 Å². The first-order valence-corrected chi connectivity index (χ1v) is 8.83. The molecule has 28 heavy (non-hydrogen) atoms. The minimum atomic E-state index is -0.667. The second kappa shape index (κ2) is 7.91. The lowest BCUT2D eigenvalue weighted by atomic mass is 10.1. The number of amides is 3. The maximum absolute atomic E-state index is 12.9. The molecule has 0 saturated carbocycles. The minimum absolute atomic E-state index is 0.176. The first kappa shape index (κ1) is 19.1. The fraction of sp³-hybridized carbons (Fsp3) is 0.200. The maximum Gasteiger partial charge on any atom is 0.316 e. The number of anilines is 2. The van der Waals surface area contributed by atoms with Gasteiger partial charge in [-0.2, -0.15) is 5.10 Å². The number of benzene rings is 2. The lowest BCUT2D eigenvalue weighted by Gasteiger charge is -2.13. The van der Waals surface area contributed by atoms with Gasteiger partial charge >= 0.3 is 6.03 Å². The van der Waals surface area contributed by atoms with Gasteiger partial charge in [0.05, 0.1) is 5.39 Å². The topological polar surface area (TPSA) is 119 Å². The lowest BCUT2D eigenvalue weighted by molar-refractivity contribution is 0.102. The molecule has 0 aliphatic rings. The highest BCUT2D eigenvalue weighted by atomic mass is 16.2. The van der Waals surface area contributed by atoms with Crippen LogP contribution in [0.5, 0.6) is 0 Å². The van der Waals surface area contributed by atoms with Gasteiger partial charge in [-0.05, 0) is 36.2 Å². The maximum atomic E-state index is 12.9. The molecule has 1 heterocycles.